The summed E-state index contributed by atoms with van der Waals surface area (Å²) in [6.45, 7) is 0. The number of hydrogen-bond donors (Lipinski definition) is 2. The van der Waals surface area contributed by atoms with Crippen molar-refractivity contribution < 1.29 is 9.59 Å². The molecule has 1 aliphatic rings. The molecule has 0 fully saturated rings. The molecule has 94 valence electrons. The number of carbonyl (C=O) groups is 2. The third-order valence-corrected chi connectivity index (χ3v) is 3.26. The van der Waals surface area contributed by atoms with Gasteiger partial charge >= 0.3 is 0 Å². The molecule has 0 aromatic heterocycles. The highest BCUT2D eigenvalue weighted by atomic mass is 32.2. The maximum absolute atomic E-state index is 11.8. The van der Waals surface area contributed by atoms with Gasteiger partial charge in [0, 0.05) is 23.4 Å². The molecular formula is C12H13N3O2S. The second-order valence-corrected chi connectivity index (χ2v) is 4.66. The first kappa shape index (κ1) is 12.6. The average Bonchev–Trinajstić information content (AvgIpc) is 2.40. The Kier molecular flexibility index (Phi) is 3.99. The molecule has 1 heterocycles. The highest BCUT2D eigenvalue weighted by molar-refractivity contribution is 7.98. The fraction of sp³-hybridized carbons (Fsp3) is 0.250. The lowest BCUT2D eigenvalue weighted by molar-refractivity contribution is -0.121. The Balaban J connectivity index is 2.00. The number of nitrogens with zero attached hydrogens (tertiary/aromatic N) is 1. The van der Waals surface area contributed by atoms with Crippen LogP contribution in [0.5, 0.6) is 0 Å². The predicted molar refractivity (Wildman–Crippen MR) is 71.7 cm³/mol. The van der Waals surface area contributed by atoms with Gasteiger partial charge in [0.2, 0.25) is 5.91 Å². The number of nitrogens with one attached hydrogen (secondary N) is 2. The molecule has 0 saturated heterocycles. The predicted octanol–water partition coefficient (Wildman–Crippen LogP) is 1.61. The molecule has 0 aliphatic carbocycles. The van der Waals surface area contributed by atoms with E-state index in [1.165, 1.54) is 0 Å². The number of carbonyl (C=O) groups excluding carboxylic acids is 2. The van der Waals surface area contributed by atoms with Gasteiger partial charge in [0.15, 0.2) is 0 Å². The van der Waals surface area contributed by atoms with Crippen LogP contribution in [-0.2, 0) is 9.59 Å². The number of benzene rings is 1. The van der Waals surface area contributed by atoms with Crippen LogP contribution in [0.4, 0.5) is 5.69 Å². The molecule has 6 heteroatoms. The summed E-state index contributed by atoms with van der Waals surface area (Å²) < 4.78 is 0. The lowest BCUT2D eigenvalue weighted by atomic mass is 10.1. The van der Waals surface area contributed by atoms with Crippen molar-refractivity contribution in [2.24, 2.45) is 5.10 Å². The molecule has 2 rings (SSSR count). The Bertz CT molecular complexity index is 497. The first-order valence-electron chi connectivity index (χ1n) is 5.50. The van der Waals surface area contributed by atoms with Crippen LogP contribution < -0.4 is 10.7 Å². The van der Waals surface area contributed by atoms with E-state index in [4.69, 9.17) is 0 Å². The number of anilines is 1. The van der Waals surface area contributed by atoms with Crippen LogP contribution in [0.3, 0.4) is 0 Å². The first-order chi connectivity index (χ1) is 8.69. The van der Waals surface area contributed by atoms with Gasteiger partial charge in [-0.3, -0.25) is 9.59 Å². The van der Waals surface area contributed by atoms with Crippen molar-refractivity contribution >= 4 is 35.0 Å². The van der Waals surface area contributed by atoms with E-state index in [0.29, 0.717) is 18.6 Å². The molecule has 5 nitrogen and oxygen atoms in total. The maximum atomic E-state index is 11.8. The van der Waals surface area contributed by atoms with Crippen molar-refractivity contribution in [1.82, 2.24) is 5.43 Å². The van der Waals surface area contributed by atoms with E-state index in [9.17, 15) is 9.59 Å². The van der Waals surface area contributed by atoms with Crippen LogP contribution in [0.25, 0.3) is 0 Å². The first-order valence-corrected chi connectivity index (χ1v) is 6.72. The molecule has 0 spiro atoms. The molecule has 0 bridgehead atoms. The quantitative estimate of drug-likeness (QED) is 0.814. The van der Waals surface area contributed by atoms with Gasteiger partial charge in [-0.1, -0.05) is 0 Å². The van der Waals surface area contributed by atoms with Crippen LogP contribution in [0.2, 0.25) is 0 Å². The fourth-order valence-electron chi connectivity index (χ4n) is 1.52. The third kappa shape index (κ3) is 3.10. The van der Waals surface area contributed by atoms with Crippen molar-refractivity contribution in [2.45, 2.75) is 17.7 Å². The lowest BCUT2D eigenvalue weighted by Gasteiger charge is -2.12. The standard InChI is InChI=1S/C12H13N3O2S/c1-18-9-4-2-8(3-5-9)13-12(17)10-6-7-11(16)15-14-10/h2-5H,6-7H2,1H3,(H,13,17)(H,15,16). The van der Waals surface area contributed by atoms with Gasteiger partial charge in [0.25, 0.3) is 5.91 Å². The van der Waals surface area contributed by atoms with E-state index < -0.39 is 0 Å². The lowest BCUT2D eigenvalue weighted by Crippen LogP contribution is -2.32. The molecule has 2 N–H and O–H groups in total. The van der Waals surface area contributed by atoms with E-state index in [1.807, 2.05) is 30.5 Å². The second-order valence-electron chi connectivity index (χ2n) is 3.78. The van der Waals surface area contributed by atoms with Gasteiger partial charge in [-0.2, -0.15) is 5.10 Å². The van der Waals surface area contributed by atoms with Gasteiger partial charge in [-0.05, 0) is 30.5 Å². The minimum atomic E-state index is -0.271. The zero-order valence-electron chi connectivity index (χ0n) is 9.90. The smallest absolute Gasteiger partial charge is 0.271 e. The van der Waals surface area contributed by atoms with E-state index in [0.717, 1.165) is 10.6 Å². The fourth-order valence-corrected chi connectivity index (χ4v) is 1.92. The Labute approximate surface area is 109 Å². The summed E-state index contributed by atoms with van der Waals surface area (Å²) in [5.74, 6) is -0.428. The van der Waals surface area contributed by atoms with Gasteiger partial charge in [0.05, 0.1) is 0 Å². The summed E-state index contributed by atoms with van der Waals surface area (Å²) in [6, 6.07) is 7.55. The molecular weight excluding hydrogens is 250 g/mol. The summed E-state index contributed by atoms with van der Waals surface area (Å²) in [5.41, 5.74) is 3.37. The topological polar surface area (TPSA) is 70.6 Å². The molecule has 0 atom stereocenters. The van der Waals surface area contributed by atoms with Gasteiger partial charge in [-0.15, -0.1) is 11.8 Å². The summed E-state index contributed by atoms with van der Waals surface area (Å²) in [4.78, 5) is 23.9. The van der Waals surface area contributed by atoms with Crippen LogP contribution in [0.15, 0.2) is 34.3 Å². The Morgan fingerprint density at radius 1 is 1.33 bits per heavy atom. The monoisotopic (exact) mass is 263 g/mol. The maximum Gasteiger partial charge on any atom is 0.271 e. The highest BCUT2D eigenvalue weighted by Gasteiger charge is 2.18. The van der Waals surface area contributed by atoms with E-state index in [-0.39, 0.29) is 11.8 Å². The highest BCUT2D eigenvalue weighted by Crippen LogP contribution is 2.17. The van der Waals surface area contributed by atoms with Gasteiger partial charge in [-0.25, -0.2) is 5.43 Å². The zero-order valence-corrected chi connectivity index (χ0v) is 10.7. The molecule has 0 radical (unpaired) electrons. The normalized spacial score (nSPS) is 14.7. The van der Waals surface area contributed by atoms with E-state index in [2.05, 4.69) is 15.8 Å². The number of rotatable bonds is 3. The molecule has 0 saturated carbocycles. The molecule has 0 unspecified atom stereocenters. The zero-order chi connectivity index (χ0) is 13.0. The Morgan fingerprint density at radius 2 is 2.06 bits per heavy atom. The van der Waals surface area contributed by atoms with Gasteiger partial charge in [0.1, 0.15) is 5.71 Å². The van der Waals surface area contributed by atoms with Crippen LogP contribution in [0.1, 0.15) is 12.8 Å². The van der Waals surface area contributed by atoms with Crippen molar-refractivity contribution in [3.05, 3.63) is 24.3 Å². The number of hydrogen-bond acceptors (Lipinski definition) is 4. The number of hydrazone groups is 1. The largest absolute Gasteiger partial charge is 0.321 e. The summed E-state index contributed by atoms with van der Waals surface area (Å²) in [7, 11) is 0. The molecule has 1 aromatic carbocycles. The summed E-state index contributed by atoms with van der Waals surface area (Å²) in [6.07, 6.45) is 2.67. The van der Waals surface area contributed by atoms with Crippen LogP contribution in [0, 0.1) is 0 Å². The SMILES string of the molecule is CSc1ccc(NC(=O)C2=NNC(=O)CC2)cc1. The van der Waals surface area contributed by atoms with E-state index in [1.54, 1.807) is 11.8 Å². The Morgan fingerprint density at radius 3 is 2.61 bits per heavy atom. The van der Waals surface area contributed by atoms with Crippen molar-refractivity contribution in [3.63, 3.8) is 0 Å². The van der Waals surface area contributed by atoms with Crippen molar-refractivity contribution in [1.29, 1.82) is 0 Å². The molecule has 1 aliphatic heterocycles. The number of thioether (sulfide) groups is 1. The number of amides is 2. The van der Waals surface area contributed by atoms with Crippen LogP contribution in [-0.4, -0.2) is 23.8 Å². The van der Waals surface area contributed by atoms with Crippen LogP contribution >= 0.6 is 11.8 Å². The Hall–Kier alpha value is -1.82. The van der Waals surface area contributed by atoms with Gasteiger partial charge < -0.3 is 5.32 Å². The minimum absolute atomic E-state index is 0.157. The molecule has 18 heavy (non-hydrogen) atoms. The van der Waals surface area contributed by atoms with Crippen molar-refractivity contribution in [2.75, 3.05) is 11.6 Å². The minimum Gasteiger partial charge on any atom is -0.321 e. The summed E-state index contributed by atoms with van der Waals surface area (Å²) in [5, 5.41) is 6.49. The second kappa shape index (κ2) is 5.68. The third-order valence-electron chi connectivity index (χ3n) is 2.51. The average molecular weight is 263 g/mol. The summed E-state index contributed by atoms with van der Waals surface area (Å²) >= 11 is 1.64. The van der Waals surface area contributed by atoms with E-state index >= 15 is 0 Å². The molecule has 1 aromatic rings. The van der Waals surface area contributed by atoms with Crippen molar-refractivity contribution in [3.8, 4) is 0 Å². The molecule has 2 amide bonds.